The van der Waals surface area contributed by atoms with Crippen molar-refractivity contribution in [2.45, 2.75) is 4.21 Å². The van der Waals surface area contributed by atoms with Crippen molar-refractivity contribution in [3.05, 3.63) is 16.5 Å². The van der Waals surface area contributed by atoms with Crippen LogP contribution in [0.25, 0.3) is 0 Å². The summed E-state index contributed by atoms with van der Waals surface area (Å²) in [6, 6.07) is 3.00. The number of carbonyl (C=O) groups excluding carboxylic acids is 1. The van der Waals surface area contributed by atoms with Gasteiger partial charge in [-0.25, -0.2) is 8.42 Å². The molecule has 1 heterocycles. The highest BCUT2D eigenvalue weighted by molar-refractivity contribution is 7.92. The lowest BCUT2D eigenvalue weighted by Gasteiger charge is -1.90. The van der Waals surface area contributed by atoms with Gasteiger partial charge in [0.1, 0.15) is 10.3 Å². The highest BCUT2D eigenvalue weighted by atomic mass is 32.2. The van der Waals surface area contributed by atoms with Crippen LogP contribution in [0.1, 0.15) is 15.2 Å². The van der Waals surface area contributed by atoms with E-state index in [4.69, 9.17) is 5.26 Å². The highest BCUT2D eigenvalue weighted by Gasteiger charge is 2.17. The molecule has 0 fully saturated rings. The Balaban J connectivity index is 3.47. The van der Waals surface area contributed by atoms with Crippen LogP contribution in [0.15, 0.2) is 10.3 Å². The smallest absolute Gasteiger partial charge is 0.186 e. The van der Waals surface area contributed by atoms with Gasteiger partial charge in [0.15, 0.2) is 16.1 Å². The third-order valence-corrected chi connectivity index (χ3v) is 4.20. The molecule has 0 aromatic carbocycles. The average molecular weight is 215 g/mol. The third-order valence-electron chi connectivity index (χ3n) is 1.29. The maximum atomic E-state index is 11.1. The molecule has 0 saturated carbocycles. The predicted molar refractivity (Wildman–Crippen MR) is 47.5 cm³/mol. The van der Waals surface area contributed by atoms with Crippen molar-refractivity contribution in [2.24, 2.45) is 0 Å². The molecule has 0 saturated heterocycles. The summed E-state index contributed by atoms with van der Waals surface area (Å²) in [5.41, 5.74) is 0.0367. The molecule has 1 aromatic heterocycles. The van der Waals surface area contributed by atoms with Gasteiger partial charge >= 0.3 is 0 Å². The molecule has 0 aliphatic rings. The Kier molecular flexibility index (Phi) is 2.50. The zero-order valence-corrected chi connectivity index (χ0v) is 8.28. The summed E-state index contributed by atoms with van der Waals surface area (Å²) in [5.74, 6) is 0. The lowest BCUT2D eigenvalue weighted by molar-refractivity contribution is 0.112. The van der Waals surface area contributed by atoms with Crippen LogP contribution >= 0.6 is 11.3 Å². The molecular formula is C7H5NO3S2. The van der Waals surface area contributed by atoms with E-state index in [1.165, 1.54) is 6.07 Å². The summed E-state index contributed by atoms with van der Waals surface area (Å²) in [7, 11) is -3.40. The number of sulfone groups is 1. The third kappa shape index (κ3) is 1.94. The Bertz CT molecular complexity index is 478. The van der Waals surface area contributed by atoms with Gasteiger partial charge in [-0.1, -0.05) is 0 Å². The number of aldehydes is 1. The lowest BCUT2D eigenvalue weighted by Crippen LogP contribution is -1.95. The lowest BCUT2D eigenvalue weighted by atomic mass is 10.3. The van der Waals surface area contributed by atoms with Gasteiger partial charge < -0.3 is 0 Å². The number of hydrogen-bond donors (Lipinski definition) is 0. The fraction of sp³-hybridized carbons (Fsp3) is 0.143. The Morgan fingerprint density at radius 2 is 2.23 bits per heavy atom. The minimum atomic E-state index is -3.40. The number of hydrogen-bond acceptors (Lipinski definition) is 5. The number of nitrogens with zero attached hydrogens (tertiary/aromatic N) is 1. The second-order valence-electron chi connectivity index (χ2n) is 2.35. The van der Waals surface area contributed by atoms with Crippen LogP contribution in [0, 0.1) is 11.3 Å². The Labute approximate surface area is 79.3 Å². The molecule has 68 valence electrons. The molecule has 0 radical (unpaired) electrons. The molecule has 1 rings (SSSR count). The molecule has 0 aliphatic carbocycles. The van der Waals surface area contributed by atoms with E-state index >= 15 is 0 Å². The largest absolute Gasteiger partial charge is 0.297 e. The number of carbonyl (C=O) groups is 1. The molecule has 0 spiro atoms. The van der Waals surface area contributed by atoms with Crippen LogP contribution in [0.5, 0.6) is 0 Å². The first-order chi connectivity index (χ1) is 5.99. The van der Waals surface area contributed by atoms with E-state index in [1.54, 1.807) is 6.07 Å². The fourth-order valence-electron chi connectivity index (χ4n) is 0.804. The summed E-state index contributed by atoms with van der Waals surface area (Å²) in [6.45, 7) is 0. The van der Waals surface area contributed by atoms with Crippen molar-refractivity contribution in [1.29, 1.82) is 5.26 Å². The van der Waals surface area contributed by atoms with Crippen molar-refractivity contribution in [3.63, 3.8) is 0 Å². The van der Waals surface area contributed by atoms with Crippen molar-refractivity contribution >= 4 is 27.5 Å². The quantitative estimate of drug-likeness (QED) is 0.685. The standard InChI is InChI=1S/C7H5NO3S2/c1-13(10,11)7-5(3-8)2-6(4-9)12-7/h2,4H,1H3. The van der Waals surface area contributed by atoms with E-state index in [0.29, 0.717) is 6.29 Å². The molecule has 0 unspecified atom stereocenters. The zero-order valence-electron chi connectivity index (χ0n) is 6.64. The van der Waals surface area contributed by atoms with E-state index in [2.05, 4.69) is 0 Å². The van der Waals surface area contributed by atoms with Gasteiger partial charge in [0, 0.05) is 6.26 Å². The van der Waals surface area contributed by atoms with Crippen molar-refractivity contribution in [2.75, 3.05) is 6.26 Å². The van der Waals surface area contributed by atoms with Crippen molar-refractivity contribution in [3.8, 4) is 6.07 Å². The Hall–Kier alpha value is -1.19. The molecule has 13 heavy (non-hydrogen) atoms. The molecule has 0 atom stereocenters. The van der Waals surface area contributed by atoms with Gasteiger partial charge in [-0.2, -0.15) is 5.26 Å². The fourth-order valence-corrected chi connectivity index (χ4v) is 2.86. The van der Waals surface area contributed by atoms with E-state index in [0.717, 1.165) is 17.6 Å². The average Bonchev–Trinajstić information content (AvgIpc) is 2.46. The van der Waals surface area contributed by atoms with Crippen molar-refractivity contribution in [1.82, 2.24) is 0 Å². The summed E-state index contributed by atoms with van der Waals surface area (Å²) in [4.78, 5) is 10.6. The van der Waals surface area contributed by atoms with Crippen LogP contribution in [0.3, 0.4) is 0 Å². The zero-order chi connectivity index (χ0) is 10.1. The number of rotatable bonds is 2. The second-order valence-corrected chi connectivity index (χ2v) is 5.65. The van der Waals surface area contributed by atoms with Gasteiger partial charge in [-0.05, 0) is 6.07 Å². The van der Waals surface area contributed by atoms with Gasteiger partial charge in [0.05, 0.1) is 10.4 Å². The summed E-state index contributed by atoms with van der Waals surface area (Å²) in [6.07, 6.45) is 1.54. The van der Waals surface area contributed by atoms with Crippen LogP contribution in [0.2, 0.25) is 0 Å². The molecule has 0 N–H and O–H groups in total. The SMILES string of the molecule is CS(=O)(=O)c1sc(C=O)cc1C#N. The monoisotopic (exact) mass is 215 g/mol. The van der Waals surface area contributed by atoms with Gasteiger partial charge in [-0.15, -0.1) is 11.3 Å². The molecule has 0 bridgehead atoms. The highest BCUT2D eigenvalue weighted by Crippen LogP contribution is 2.25. The molecule has 1 aromatic rings. The van der Waals surface area contributed by atoms with Gasteiger partial charge in [-0.3, -0.25) is 4.79 Å². The minimum absolute atomic E-state index is 0.0367. The number of thiophene rings is 1. The van der Waals surface area contributed by atoms with Gasteiger partial charge in [0.2, 0.25) is 0 Å². The van der Waals surface area contributed by atoms with Crippen LogP contribution < -0.4 is 0 Å². The molecule has 0 aliphatic heterocycles. The first-order valence-electron chi connectivity index (χ1n) is 3.18. The topological polar surface area (TPSA) is 75.0 Å². The van der Waals surface area contributed by atoms with E-state index in [1.807, 2.05) is 0 Å². The van der Waals surface area contributed by atoms with E-state index < -0.39 is 9.84 Å². The predicted octanol–water partition coefficient (Wildman–Crippen LogP) is 0.836. The second kappa shape index (κ2) is 3.28. The summed E-state index contributed by atoms with van der Waals surface area (Å²) < 4.78 is 22.1. The molecule has 6 heteroatoms. The molecule has 4 nitrogen and oxygen atoms in total. The number of nitriles is 1. The summed E-state index contributed by atoms with van der Waals surface area (Å²) >= 11 is 0.812. The summed E-state index contributed by atoms with van der Waals surface area (Å²) in [5, 5.41) is 8.57. The van der Waals surface area contributed by atoms with Gasteiger partial charge in [0.25, 0.3) is 0 Å². The van der Waals surface area contributed by atoms with Crippen molar-refractivity contribution < 1.29 is 13.2 Å². The van der Waals surface area contributed by atoms with E-state index in [-0.39, 0.29) is 14.6 Å². The maximum absolute atomic E-state index is 11.1. The van der Waals surface area contributed by atoms with E-state index in [9.17, 15) is 13.2 Å². The van der Waals surface area contributed by atoms with Crippen LogP contribution in [-0.2, 0) is 9.84 Å². The molecular weight excluding hydrogens is 210 g/mol. The first-order valence-corrected chi connectivity index (χ1v) is 5.89. The maximum Gasteiger partial charge on any atom is 0.186 e. The first kappa shape index (κ1) is 9.89. The minimum Gasteiger partial charge on any atom is -0.297 e. The Morgan fingerprint density at radius 3 is 2.54 bits per heavy atom. The van der Waals surface area contributed by atoms with Crippen LogP contribution in [-0.4, -0.2) is 21.0 Å². The normalized spacial score (nSPS) is 10.8. The van der Waals surface area contributed by atoms with Crippen LogP contribution in [0.4, 0.5) is 0 Å². The molecule has 0 amide bonds. The Morgan fingerprint density at radius 1 is 1.62 bits per heavy atom.